The van der Waals surface area contributed by atoms with Gasteiger partial charge in [-0.15, -0.1) is 9.19 Å². The second kappa shape index (κ2) is 4.28. The van der Waals surface area contributed by atoms with Crippen LogP contribution in [-0.4, -0.2) is 32.8 Å². The molecule has 2 heterocycles. The van der Waals surface area contributed by atoms with Gasteiger partial charge in [-0.1, -0.05) is 18.2 Å². The molecule has 0 amide bonds. The summed E-state index contributed by atoms with van der Waals surface area (Å²) >= 11 is 0. The van der Waals surface area contributed by atoms with Crippen molar-refractivity contribution in [1.29, 1.82) is 0 Å². The molecule has 0 fully saturated rings. The maximum atomic E-state index is 12.2. The van der Waals surface area contributed by atoms with Crippen LogP contribution >= 0.6 is 0 Å². The fourth-order valence-corrected chi connectivity index (χ4v) is 2.55. The van der Waals surface area contributed by atoms with Crippen molar-refractivity contribution in [3.05, 3.63) is 42.9 Å². The van der Waals surface area contributed by atoms with E-state index in [0.717, 1.165) is 4.09 Å². The Kier molecular flexibility index (Phi) is 2.60. The van der Waals surface area contributed by atoms with Crippen molar-refractivity contribution in [2.45, 2.75) is 0 Å². The molecule has 2 aromatic heterocycles. The van der Waals surface area contributed by atoms with Gasteiger partial charge in [-0.3, -0.25) is 4.72 Å². The molecule has 0 unspecified atom stereocenters. The molecule has 3 aromatic rings. The summed E-state index contributed by atoms with van der Waals surface area (Å²) in [5.74, 6) is 0. The lowest BCUT2D eigenvalue weighted by Gasteiger charge is -2.06. The Morgan fingerprint density at radius 1 is 1.16 bits per heavy atom. The Morgan fingerprint density at radius 3 is 2.74 bits per heavy atom. The van der Waals surface area contributed by atoms with E-state index >= 15 is 0 Å². The maximum absolute atomic E-state index is 12.2. The first-order valence-electron chi connectivity index (χ1n) is 5.26. The number of rotatable bonds is 3. The summed E-state index contributed by atoms with van der Waals surface area (Å²) in [5, 5.41) is 7.27. The molecule has 0 saturated carbocycles. The molecule has 0 atom stereocenters. The van der Waals surface area contributed by atoms with E-state index in [-0.39, 0.29) is 5.65 Å². The molecule has 0 bridgehead atoms. The number of aromatic nitrogens is 5. The monoisotopic (exact) mass is 276 g/mol. The van der Waals surface area contributed by atoms with Crippen LogP contribution in [0.2, 0.25) is 0 Å². The molecule has 9 heteroatoms. The number of anilines is 1. The molecule has 0 saturated heterocycles. The Hall–Kier alpha value is -2.55. The van der Waals surface area contributed by atoms with Crippen LogP contribution < -0.4 is 4.72 Å². The van der Waals surface area contributed by atoms with Gasteiger partial charge in [0, 0.05) is 0 Å². The van der Waals surface area contributed by atoms with E-state index in [0.29, 0.717) is 11.2 Å². The largest absolute Gasteiger partial charge is 0.346 e. The third-order valence-electron chi connectivity index (χ3n) is 2.34. The van der Waals surface area contributed by atoms with Gasteiger partial charge in [0.25, 0.3) is 0 Å². The summed E-state index contributed by atoms with van der Waals surface area (Å²) < 4.78 is 27.4. The zero-order valence-electron chi connectivity index (χ0n) is 9.50. The van der Waals surface area contributed by atoms with Gasteiger partial charge in [0.05, 0.1) is 11.9 Å². The Balaban J connectivity index is 2.05. The quantitative estimate of drug-likeness (QED) is 0.744. The fraction of sp³-hybridized carbons (Fsp3) is 0. The lowest BCUT2D eigenvalue weighted by Crippen LogP contribution is -2.23. The summed E-state index contributed by atoms with van der Waals surface area (Å²) in [4.78, 5) is 7.61. The fourth-order valence-electron chi connectivity index (χ4n) is 1.53. The zero-order valence-corrected chi connectivity index (χ0v) is 10.3. The second-order valence-electron chi connectivity index (χ2n) is 3.64. The van der Waals surface area contributed by atoms with Crippen LogP contribution in [-0.2, 0) is 10.2 Å². The summed E-state index contributed by atoms with van der Waals surface area (Å²) in [7, 11) is -3.89. The first-order valence-corrected chi connectivity index (χ1v) is 6.70. The standard InChI is InChI=1S/C10H8N6O2S/c17-19(18,14-8-4-2-1-3-5-8)16-10-9(13-15-16)6-11-7-12-10/h1-7,14H. The Labute approximate surface area is 108 Å². The molecule has 96 valence electrons. The number of benzene rings is 1. The average molecular weight is 276 g/mol. The number of fused-ring (bicyclic) bond motifs is 1. The Bertz CT molecular complexity index is 814. The number of nitrogens with one attached hydrogen (secondary N) is 1. The van der Waals surface area contributed by atoms with Crippen LogP contribution in [0.4, 0.5) is 5.69 Å². The van der Waals surface area contributed by atoms with E-state index in [9.17, 15) is 8.42 Å². The molecular formula is C10H8N6O2S. The highest BCUT2D eigenvalue weighted by atomic mass is 32.2. The van der Waals surface area contributed by atoms with Crippen molar-refractivity contribution in [2.75, 3.05) is 4.72 Å². The predicted molar refractivity (Wildman–Crippen MR) is 67.5 cm³/mol. The Morgan fingerprint density at radius 2 is 1.95 bits per heavy atom. The van der Waals surface area contributed by atoms with Crippen LogP contribution in [0, 0.1) is 0 Å². The normalized spacial score (nSPS) is 11.6. The smallest absolute Gasteiger partial charge is 0.265 e. The minimum absolute atomic E-state index is 0.124. The molecule has 0 radical (unpaired) electrons. The van der Waals surface area contributed by atoms with Gasteiger partial charge < -0.3 is 0 Å². The molecule has 0 aliphatic carbocycles. The van der Waals surface area contributed by atoms with Gasteiger partial charge in [-0.2, -0.15) is 8.42 Å². The predicted octanol–water partition coefficient (Wildman–Crippen LogP) is 0.426. The lowest BCUT2D eigenvalue weighted by molar-refractivity contribution is 0.584. The van der Waals surface area contributed by atoms with E-state index in [1.54, 1.807) is 30.3 Å². The SMILES string of the molecule is O=S(=O)(Nc1ccccc1)n1nnc2cncnc21. The molecule has 3 rings (SSSR count). The van der Waals surface area contributed by atoms with Crippen LogP contribution in [0.3, 0.4) is 0 Å². The highest BCUT2D eigenvalue weighted by Crippen LogP contribution is 2.12. The zero-order chi connectivity index (χ0) is 13.3. The molecular weight excluding hydrogens is 268 g/mol. The van der Waals surface area contributed by atoms with Crippen molar-refractivity contribution in [2.24, 2.45) is 0 Å². The van der Waals surface area contributed by atoms with Crippen molar-refractivity contribution in [3.63, 3.8) is 0 Å². The number of hydrogen-bond acceptors (Lipinski definition) is 6. The van der Waals surface area contributed by atoms with Gasteiger partial charge in [0.2, 0.25) is 0 Å². The van der Waals surface area contributed by atoms with Crippen LogP contribution in [0.1, 0.15) is 0 Å². The minimum Gasteiger partial charge on any atom is -0.265 e. The molecule has 19 heavy (non-hydrogen) atoms. The van der Waals surface area contributed by atoms with Gasteiger partial charge in [-0.25, -0.2) is 9.97 Å². The highest BCUT2D eigenvalue weighted by Gasteiger charge is 2.19. The van der Waals surface area contributed by atoms with Crippen LogP contribution in [0.5, 0.6) is 0 Å². The molecule has 1 N–H and O–H groups in total. The average Bonchev–Trinajstić information content (AvgIpc) is 2.84. The molecule has 0 spiro atoms. The molecule has 1 aromatic carbocycles. The van der Waals surface area contributed by atoms with E-state index in [4.69, 9.17) is 0 Å². The number of hydrogen-bond donors (Lipinski definition) is 1. The minimum atomic E-state index is -3.89. The first kappa shape index (κ1) is 11.5. The maximum Gasteiger partial charge on any atom is 0.346 e. The van der Waals surface area contributed by atoms with Crippen molar-refractivity contribution in [3.8, 4) is 0 Å². The number of para-hydroxylation sites is 1. The van der Waals surface area contributed by atoms with Gasteiger partial charge in [0.15, 0.2) is 11.2 Å². The van der Waals surface area contributed by atoms with E-state index in [1.807, 2.05) is 0 Å². The van der Waals surface area contributed by atoms with Crippen molar-refractivity contribution >= 4 is 27.1 Å². The van der Waals surface area contributed by atoms with Crippen LogP contribution in [0.15, 0.2) is 42.9 Å². The van der Waals surface area contributed by atoms with Crippen molar-refractivity contribution < 1.29 is 8.42 Å². The third-order valence-corrected chi connectivity index (χ3v) is 3.53. The summed E-state index contributed by atoms with van der Waals surface area (Å²) in [6, 6.07) is 8.49. The molecule has 0 aliphatic rings. The number of nitrogens with zero attached hydrogens (tertiary/aromatic N) is 5. The first-order chi connectivity index (χ1) is 9.17. The highest BCUT2D eigenvalue weighted by molar-refractivity contribution is 7.91. The van der Waals surface area contributed by atoms with Crippen molar-refractivity contribution in [1.82, 2.24) is 24.4 Å². The van der Waals surface area contributed by atoms with E-state index in [1.165, 1.54) is 12.5 Å². The molecule has 8 nitrogen and oxygen atoms in total. The van der Waals surface area contributed by atoms with Crippen LogP contribution in [0.25, 0.3) is 11.2 Å². The van der Waals surface area contributed by atoms with Gasteiger partial charge >= 0.3 is 10.2 Å². The third kappa shape index (κ3) is 2.10. The molecule has 0 aliphatic heterocycles. The summed E-state index contributed by atoms with van der Waals surface area (Å²) in [5.41, 5.74) is 0.861. The van der Waals surface area contributed by atoms with E-state index < -0.39 is 10.2 Å². The summed E-state index contributed by atoms with van der Waals surface area (Å²) in [6.07, 6.45) is 2.63. The van der Waals surface area contributed by atoms with Gasteiger partial charge in [0.1, 0.15) is 6.33 Å². The van der Waals surface area contributed by atoms with Gasteiger partial charge in [-0.05, 0) is 17.3 Å². The van der Waals surface area contributed by atoms with E-state index in [2.05, 4.69) is 25.0 Å². The second-order valence-corrected chi connectivity index (χ2v) is 5.14. The summed E-state index contributed by atoms with van der Waals surface area (Å²) in [6.45, 7) is 0. The lowest BCUT2D eigenvalue weighted by atomic mass is 10.3. The topological polar surface area (TPSA) is 103 Å².